The van der Waals surface area contributed by atoms with Crippen molar-refractivity contribution in [3.63, 3.8) is 0 Å². The molecule has 1 amide bonds. The van der Waals surface area contributed by atoms with Crippen LogP contribution in [0.15, 0.2) is 34.5 Å². The minimum Gasteiger partial charge on any atom is -0.496 e. The summed E-state index contributed by atoms with van der Waals surface area (Å²) in [6.45, 7) is 2.12. The van der Waals surface area contributed by atoms with Crippen molar-refractivity contribution in [2.45, 2.75) is 31.4 Å². The first-order valence-corrected chi connectivity index (χ1v) is 7.84. The first-order valence-electron chi connectivity index (χ1n) is 6.96. The minimum absolute atomic E-state index is 0.0275. The number of hydrogen-bond donors (Lipinski definition) is 1. The zero-order chi connectivity index (χ0) is 15.1. The van der Waals surface area contributed by atoms with Crippen LogP contribution in [0, 0.1) is 0 Å². The number of carbonyl (C=O) groups is 1. The van der Waals surface area contributed by atoms with Gasteiger partial charge in [0.2, 0.25) is 5.91 Å². The summed E-state index contributed by atoms with van der Waals surface area (Å²) < 4.78 is 5.23. The molecule has 1 aromatic carbocycles. The van der Waals surface area contributed by atoms with Crippen LogP contribution in [0.4, 0.5) is 0 Å². The first-order chi connectivity index (χ1) is 10.2. The summed E-state index contributed by atoms with van der Waals surface area (Å²) in [5.41, 5.74) is 0.848. The van der Waals surface area contributed by atoms with Crippen LogP contribution < -0.4 is 10.1 Å². The molecule has 6 heteroatoms. The van der Waals surface area contributed by atoms with Crippen LogP contribution in [0.2, 0.25) is 0 Å². The van der Waals surface area contributed by atoms with Gasteiger partial charge >= 0.3 is 0 Å². The van der Waals surface area contributed by atoms with Crippen molar-refractivity contribution in [1.29, 1.82) is 0 Å². The number of methoxy groups -OCH3 is 1. The maximum Gasteiger partial charge on any atom is 0.239 e. The molecule has 0 saturated carbocycles. The highest BCUT2D eigenvalue weighted by atomic mass is 32.2. The molecule has 1 aromatic rings. The van der Waals surface area contributed by atoms with E-state index in [0.717, 1.165) is 30.6 Å². The minimum atomic E-state index is -0.0369. The Morgan fingerprint density at radius 2 is 2.24 bits per heavy atom. The van der Waals surface area contributed by atoms with Crippen LogP contribution in [0.5, 0.6) is 5.75 Å². The topological polar surface area (TPSA) is 63.1 Å². The average molecular weight is 305 g/mol. The highest BCUT2D eigenvalue weighted by Crippen LogP contribution is 2.24. The predicted molar refractivity (Wildman–Crippen MR) is 87.1 cm³/mol. The number of nitrogens with one attached hydrogen (secondary N) is 1. The molecule has 1 fully saturated rings. The van der Waals surface area contributed by atoms with E-state index in [9.17, 15) is 4.79 Å². The van der Waals surface area contributed by atoms with Gasteiger partial charge in [-0.15, -0.1) is 5.10 Å². The van der Waals surface area contributed by atoms with Gasteiger partial charge in [0.1, 0.15) is 5.75 Å². The van der Waals surface area contributed by atoms with Crippen molar-refractivity contribution in [2.24, 2.45) is 10.2 Å². The lowest BCUT2D eigenvalue weighted by Crippen LogP contribution is -2.24. The highest BCUT2D eigenvalue weighted by Gasteiger charge is 2.29. The van der Waals surface area contributed by atoms with Crippen LogP contribution in [-0.4, -0.2) is 29.6 Å². The molecule has 0 aliphatic carbocycles. The Hall–Kier alpha value is -1.82. The second kappa shape index (κ2) is 7.83. The van der Waals surface area contributed by atoms with E-state index >= 15 is 0 Å². The number of para-hydroxylation sites is 1. The van der Waals surface area contributed by atoms with Gasteiger partial charge in [-0.05, 0) is 18.6 Å². The molecule has 1 N–H and O–H groups in total. The smallest absolute Gasteiger partial charge is 0.239 e. The van der Waals surface area contributed by atoms with Crippen molar-refractivity contribution >= 4 is 29.1 Å². The van der Waals surface area contributed by atoms with Crippen molar-refractivity contribution in [3.8, 4) is 5.75 Å². The number of thioether (sulfide) groups is 1. The van der Waals surface area contributed by atoms with Crippen LogP contribution in [-0.2, 0) is 4.79 Å². The van der Waals surface area contributed by atoms with E-state index in [1.54, 1.807) is 13.3 Å². The monoisotopic (exact) mass is 305 g/mol. The maximum atomic E-state index is 11.7. The maximum absolute atomic E-state index is 11.7. The van der Waals surface area contributed by atoms with E-state index < -0.39 is 0 Å². The molecule has 0 radical (unpaired) electrons. The lowest BCUT2D eigenvalue weighted by atomic mass is 10.2. The van der Waals surface area contributed by atoms with E-state index in [-0.39, 0.29) is 11.2 Å². The fourth-order valence-corrected chi connectivity index (χ4v) is 2.92. The van der Waals surface area contributed by atoms with Crippen molar-refractivity contribution in [3.05, 3.63) is 29.8 Å². The molecule has 112 valence electrons. The Bertz CT molecular complexity index is 558. The van der Waals surface area contributed by atoms with Gasteiger partial charge in [0.05, 0.1) is 18.6 Å². The standard InChI is InChI=1S/C15H19N3O2S/c1-3-4-9-13-14(19)17-15(21-13)18-16-10-11-7-5-6-8-12(11)20-2/h5-8,10,13H,3-4,9H2,1-2H3,(H,17,18,19)/b16-10-/t13-/m0/s1. The molecule has 1 heterocycles. The van der Waals surface area contributed by atoms with Gasteiger partial charge in [-0.2, -0.15) is 5.10 Å². The van der Waals surface area contributed by atoms with E-state index in [2.05, 4.69) is 22.4 Å². The van der Waals surface area contributed by atoms with E-state index in [4.69, 9.17) is 4.74 Å². The molecule has 21 heavy (non-hydrogen) atoms. The molecule has 0 unspecified atom stereocenters. The van der Waals surface area contributed by atoms with Crippen molar-refractivity contribution in [2.75, 3.05) is 7.11 Å². The quantitative estimate of drug-likeness (QED) is 0.649. The Balaban J connectivity index is 1.98. The molecule has 0 bridgehead atoms. The Morgan fingerprint density at radius 3 is 3.00 bits per heavy atom. The van der Waals surface area contributed by atoms with Crippen molar-refractivity contribution < 1.29 is 9.53 Å². The molecule has 0 aromatic heterocycles. The number of rotatable bonds is 6. The summed E-state index contributed by atoms with van der Waals surface area (Å²) in [5, 5.41) is 11.4. The fourth-order valence-electron chi connectivity index (χ4n) is 1.95. The summed E-state index contributed by atoms with van der Waals surface area (Å²) >= 11 is 1.45. The number of amidine groups is 1. The zero-order valence-electron chi connectivity index (χ0n) is 12.2. The van der Waals surface area contributed by atoms with Crippen LogP contribution in [0.3, 0.4) is 0 Å². The highest BCUT2D eigenvalue weighted by molar-refractivity contribution is 8.15. The molecule has 1 aliphatic heterocycles. The number of carbonyl (C=O) groups excluding carboxylic acids is 1. The second-order valence-electron chi connectivity index (χ2n) is 4.63. The average Bonchev–Trinajstić information content (AvgIpc) is 2.85. The first kappa shape index (κ1) is 15.6. The van der Waals surface area contributed by atoms with Gasteiger partial charge in [0, 0.05) is 5.56 Å². The molecule has 1 aliphatic rings. The van der Waals surface area contributed by atoms with E-state index in [1.165, 1.54) is 11.8 Å². The Labute approximate surface area is 128 Å². The number of nitrogens with zero attached hydrogens (tertiary/aromatic N) is 2. The van der Waals surface area contributed by atoms with Gasteiger partial charge in [-0.3, -0.25) is 4.79 Å². The normalized spacial score (nSPS) is 20.2. The SMILES string of the molecule is CCCC[C@@H]1S/C(=N\N=C/c2ccccc2OC)NC1=O. The largest absolute Gasteiger partial charge is 0.496 e. The number of amides is 1. The van der Waals surface area contributed by atoms with Crippen LogP contribution >= 0.6 is 11.8 Å². The van der Waals surface area contributed by atoms with E-state index in [0.29, 0.717) is 5.17 Å². The molecular formula is C15H19N3O2S. The fraction of sp³-hybridized carbons (Fsp3) is 0.400. The van der Waals surface area contributed by atoms with Gasteiger partial charge in [0.25, 0.3) is 0 Å². The summed E-state index contributed by atoms with van der Waals surface area (Å²) in [6.07, 6.45) is 4.63. The predicted octanol–water partition coefficient (Wildman–Crippen LogP) is 2.81. The van der Waals surface area contributed by atoms with Gasteiger partial charge in [-0.25, -0.2) is 0 Å². The van der Waals surface area contributed by atoms with Crippen LogP contribution in [0.1, 0.15) is 31.7 Å². The number of hydrogen-bond acceptors (Lipinski definition) is 5. The second-order valence-corrected chi connectivity index (χ2v) is 5.82. The third-order valence-corrected chi connectivity index (χ3v) is 4.22. The molecule has 1 saturated heterocycles. The summed E-state index contributed by atoms with van der Waals surface area (Å²) in [6, 6.07) is 7.56. The lowest BCUT2D eigenvalue weighted by molar-refractivity contribution is -0.118. The van der Waals surface area contributed by atoms with Crippen LogP contribution in [0.25, 0.3) is 0 Å². The number of ether oxygens (including phenoxy) is 1. The molecule has 0 spiro atoms. The molecule has 5 nitrogen and oxygen atoms in total. The lowest BCUT2D eigenvalue weighted by Gasteiger charge is -2.02. The summed E-state index contributed by atoms with van der Waals surface area (Å²) in [4.78, 5) is 11.7. The summed E-state index contributed by atoms with van der Waals surface area (Å²) in [7, 11) is 1.62. The van der Waals surface area contributed by atoms with Crippen molar-refractivity contribution in [1.82, 2.24) is 5.32 Å². The third-order valence-electron chi connectivity index (χ3n) is 3.08. The van der Waals surface area contributed by atoms with Gasteiger partial charge in [0.15, 0.2) is 5.17 Å². The molecular weight excluding hydrogens is 286 g/mol. The summed E-state index contributed by atoms with van der Waals surface area (Å²) in [5.74, 6) is 0.769. The van der Waals surface area contributed by atoms with Gasteiger partial charge in [-0.1, -0.05) is 43.7 Å². The molecule has 1 atom stereocenters. The number of benzene rings is 1. The Kier molecular flexibility index (Phi) is 5.80. The Morgan fingerprint density at radius 1 is 1.43 bits per heavy atom. The van der Waals surface area contributed by atoms with E-state index in [1.807, 2.05) is 24.3 Å². The van der Waals surface area contributed by atoms with Gasteiger partial charge < -0.3 is 10.1 Å². The molecule has 2 rings (SSSR count). The third kappa shape index (κ3) is 4.32. The number of unbranched alkanes of at least 4 members (excludes halogenated alkanes) is 1. The zero-order valence-corrected chi connectivity index (χ0v) is 13.0.